The summed E-state index contributed by atoms with van der Waals surface area (Å²) in [6.45, 7) is 0.676. The van der Waals surface area contributed by atoms with Gasteiger partial charge in [-0.25, -0.2) is 4.98 Å². The van der Waals surface area contributed by atoms with Crippen molar-refractivity contribution < 1.29 is 4.79 Å². The lowest BCUT2D eigenvalue weighted by Gasteiger charge is -2.12. The molecule has 1 amide bonds. The zero-order chi connectivity index (χ0) is 21.5. The molecular formula is C24H20ClN3OS2. The third kappa shape index (κ3) is 5.88. The molecule has 2 N–H and O–H groups in total. The highest BCUT2D eigenvalue weighted by molar-refractivity contribution is 7.98. The van der Waals surface area contributed by atoms with Gasteiger partial charge in [0.1, 0.15) is 0 Å². The van der Waals surface area contributed by atoms with E-state index in [4.69, 9.17) is 11.6 Å². The van der Waals surface area contributed by atoms with Crippen molar-refractivity contribution in [3.05, 3.63) is 106 Å². The Morgan fingerprint density at radius 3 is 2.61 bits per heavy atom. The molecule has 31 heavy (non-hydrogen) atoms. The number of amides is 1. The maximum atomic E-state index is 12.9. The molecule has 1 heterocycles. The van der Waals surface area contributed by atoms with Crippen LogP contribution in [0.4, 0.5) is 11.4 Å². The molecule has 0 unspecified atom stereocenters. The van der Waals surface area contributed by atoms with E-state index in [0.29, 0.717) is 22.8 Å². The number of carbonyl (C=O) groups excluding carboxylic acids is 1. The number of thioether (sulfide) groups is 1. The molecule has 0 aliphatic rings. The molecule has 156 valence electrons. The van der Waals surface area contributed by atoms with Crippen LogP contribution < -0.4 is 10.6 Å². The monoisotopic (exact) mass is 465 g/mol. The lowest BCUT2D eigenvalue weighted by molar-refractivity contribution is 0.102. The van der Waals surface area contributed by atoms with Gasteiger partial charge in [-0.05, 0) is 35.9 Å². The Balaban J connectivity index is 1.41. The minimum atomic E-state index is -0.164. The van der Waals surface area contributed by atoms with E-state index in [-0.39, 0.29) is 5.91 Å². The minimum Gasteiger partial charge on any atom is -0.380 e. The first-order valence-electron chi connectivity index (χ1n) is 9.66. The minimum absolute atomic E-state index is 0.164. The number of aromatic nitrogens is 1. The normalized spacial score (nSPS) is 10.6. The Bertz CT molecular complexity index is 1150. The van der Waals surface area contributed by atoms with Crippen molar-refractivity contribution in [1.29, 1.82) is 0 Å². The van der Waals surface area contributed by atoms with Crippen molar-refractivity contribution in [1.82, 2.24) is 4.98 Å². The smallest absolute Gasteiger partial charge is 0.256 e. The molecule has 0 aliphatic carbocycles. The van der Waals surface area contributed by atoms with Gasteiger partial charge in [0.25, 0.3) is 5.91 Å². The highest BCUT2D eigenvalue weighted by atomic mass is 35.5. The summed E-state index contributed by atoms with van der Waals surface area (Å²) < 4.78 is 0. The molecule has 0 fully saturated rings. The van der Waals surface area contributed by atoms with Crippen LogP contribution in [0.25, 0.3) is 0 Å². The number of hydrogen-bond acceptors (Lipinski definition) is 5. The van der Waals surface area contributed by atoms with Crippen LogP contribution in [-0.2, 0) is 12.3 Å². The van der Waals surface area contributed by atoms with Gasteiger partial charge >= 0.3 is 0 Å². The number of halogens is 1. The number of anilines is 2. The van der Waals surface area contributed by atoms with E-state index >= 15 is 0 Å². The second-order valence-corrected chi connectivity index (χ2v) is 8.90. The molecule has 4 aromatic rings. The van der Waals surface area contributed by atoms with Crippen LogP contribution in [0.2, 0.25) is 5.02 Å². The van der Waals surface area contributed by atoms with Crippen molar-refractivity contribution >= 4 is 52.0 Å². The molecule has 7 heteroatoms. The lowest BCUT2D eigenvalue weighted by atomic mass is 10.2. The summed E-state index contributed by atoms with van der Waals surface area (Å²) in [6, 6.07) is 23.2. The summed E-state index contributed by atoms with van der Waals surface area (Å²) in [4.78, 5) is 18.1. The van der Waals surface area contributed by atoms with E-state index in [1.165, 1.54) is 5.56 Å². The summed E-state index contributed by atoms with van der Waals surface area (Å²) in [7, 11) is 0. The van der Waals surface area contributed by atoms with Crippen LogP contribution >= 0.6 is 34.7 Å². The van der Waals surface area contributed by atoms with Gasteiger partial charge in [-0.2, -0.15) is 0 Å². The first-order chi connectivity index (χ1) is 15.2. The van der Waals surface area contributed by atoms with Crippen LogP contribution in [0.1, 0.15) is 21.6 Å². The maximum absolute atomic E-state index is 12.9. The molecular weight excluding hydrogens is 446 g/mol. The predicted molar refractivity (Wildman–Crippen MR) is 131 cm³/mol. The Morgan fingerprint density at radius 2 is 1.84 bits per heavy atom. The highest BCUT2D eigenvalue weighted by Gasteiger charge is 2.13. The van der Waals surface area contributed by atoms with Gasteiger partial charge in [-0.3, -0.25) is 4.79 Å². The highest BCUT2D eigenvalue weighted by Crippen LogP contribution is 2.29. The van der Waals surface area contributed by atoms with E-state index in [0.717, 1.165) is 22.0 Å². The second-order valence-electron chi connectivity index (χ2n) is 6.75. The Morgan fingerprint density at radius 1 is 1.03 bits per heavy atom. The molecule has 0 saturated heterocycles. The van der Waals surface area contributed by atoms with Crippen molar-refractivity contribution in [3.8, 4) is 0 Å². The third-order valence-electron chi connectivity index (χ3n) is 4.54. The van der Waals surface area contributed by atoms with Crippen LogP contribution in [-0.4, -0.2) is 10.9 Å². The molecule has 4 nitrogen and oxygen atoms in total. The molecule has 0 atom stereocenters. The second kappa shape index (κ2) is 10.5. The van der Waals surface area contributed by atoms with Gasteiger partial charge in [-0.1, -0.05) is 54.1 Å². The molecule has 1 aromatic heterocycles. The topological polar surface area (TPSA) is 54.0 Å². The summed E-state index contributed by atoms with van der Waals surface area (Å²) in [5.74, 6) is 0.559. The van der Waals surface area contributed by atoms with Crippen LogP contribution in [0.3, 0.4) is 0 Å². The van der Waals surface area contributed by atoms with E-state index < -0.39 is 0 Å². The SMILES string of the molecule is O=C(Nc1ccc(NCc2ccccc2)c(Cl)c1)c1ccccc1SCc1cscn1. The zero-order valence-electron chi connectivity index (χ0n) is 16.5. The molecule has 0 radical (unpaired) electrons. The number of thiazole rings is 1. The van der Waals surface area contributed by atoms with Gasteiger partial charge in [-0.15, -0.1) is 23.1 Å². The predicted octanol–water partition coefficient (Wildman–Crippen LogP) is 6.95. The average molecular weight is 466 g/mol. The summed E-state index contributed by atoms with van der Waals surface area (Å²) in [5, 5.41) is 8.86. The van der Waals surface area contributed by atoms with Gasteiger partial charge in [0.15, 0.2) is 0 Å². The molecule has 0 aliphatic heterocycles. The largest absolute Gasteiger partial charge is 0.380 e. The van der Waals surface area contributed by atoms with Gasteiger partial charge in [0, 0.05) is 28.3 Å². The van der Waals surface area contributed by atoms with E-state index in [2.05, 4.69) is 27.8 Å². The third-order valence-corrected chi connectivity index (χ3v) is 6.60. The van der Waals surface area contributed by atoms with E-state index in [9.17, 15) is 4.79 Å². The summed E-state index contributed by atoms with van der Waals surface area (Å²) in [6.07, 6.45) is 0. The fourth-order valence-corrected chi connectivity index (χ4v) is 4.83. The zero-order valence-corrected chi connectivity index (χ0v) is 18.9. The summed E-state index contributed by atoms with van der Waals surface area (Å²) in [5.41, 5.74) is 6.10. The molecule has 3 aromatic carbocycles. The fraction of sp³-hybridized carbons (Fsp3) is 0.0833. The van der Waals surface area contributed by atoms with Crippen molar-refractivity contribution in [2.45, 2.75) is 17.2 Å². The molecule has 0 spiro atoms. The number of nitrogens with one attached hydrogen (secondary N) is 2. The van der Waals surface area contributed by atoms with Crippen LogP contribution in [0.15, 0.2) is 88.6 Å². The Kier molecular flexibility index (Phi) is 7.25. The number of hydrogen-bond donors (Lipinski definition) is 2. The number of rotatable bonds is 8. The molecule has 0 bridgehead atoms. The lowest BCUT2D eigenvalue weighted by Crippen LogP contribution is -2.13. The van der Waals surface area contributed by atoms with Crippen molar-refractivity contribution in [2.24, 2.45) is 0 Å². The quantitative estimate of drug-likeness (QED) is 0.276. The maximum Gasteiger partial charge on any atom is 0.256 e. The Hall–Kier alpha value is -2.80. The average Bonchev–Trinajstić information content (AvgIpc) is 3.32. The van der Waals surface area contributed by atoms with Gasteiger partial charge in [0.2, 0.25) is 0 Å². The number of benzene rings is 3. The molecule has 0 saturated carbocycles. The van der Waals surface area contributed by atoms with Crippen molar-refractivity contribution in [2.75, 3.05) is 10.6 Å². The van der Waals surface area contributed by atoms with Gasteiger partial charge < -0.3 is 10.6 Å². The van der Waals surface area contributed by atoms with Gasteiger partial charge in [0.05, 0.1) is 27.5 Å². The Labute approximate surface area is 194 Å². The van der Waals surface area contributed by atoms with Crippen molar-refractivity contribution in [3.63, 3.8) is 0 Å². The van der Waals surface area contributed by atoms with E-state index in [1.54, 1.807) is 29.2 Å². The number of nitrogens with zero attached hydrogens (tertiary/aromatic N) is 1. The first kappa shape index (κ1) is 21.4. The fourth-order valence-electron chi connectivity index (χ4n) is 2.97. The first-order valence-corrected chi connectivity index (χ1v) is 12.0. The summed E-state index contributed by atoms with van der Waals surface area (Å²) >= 11 is 9.61. The van der Waals surface area contributed by atoms with Crippen LogP contribution in [0, 0.1) is 0 Å². The van der Waals surface area contributed by atoms with E-state index in [1.807, 2.05) is 65.5 Å². The molecule has 4 rings (SSSR count). The standard InChI is InChI=1S/C24H20ClN3OS2/c25-21-12-18(10-11-22(21)26-13-17-6-2-1-3-7-17)28-24(29)20-8-4-5-9-23(20)31-15-19-14-30-16-27-19/h1-12,14,16,26H,13,15H2,(H,28,29). The number of carbonyl (C=O) groups is 1. The van der Waals surface area contributed by atoms with Crippen LogP contribution in [0.5, 0.6) is 0 Å².